The minimum absolute atomic E-state index is 0. The highest BCUT2D eigenvalue weighted by Gasteiger charge is 2.33. The van der Waals surface area contributed by atoms with Gasteiger partial charge in [-0.25, -0.2) is 0 Å². The summed E-state index contributed by atoms with van der Waals surface area (Å²) >= 11 is 0. The van der Waals surface area contributed by atoms with Crippen LogP contribution in [0.2, 0.25) is 0 Å². The molecule has 5 rings (SSSR count). The molecule has 3 aromatic rings. The summed E-state index contributed by atoms with van der Waals surface area (Å²) in [6.07, 6.45) is 2.61. The number of hydrogen-bond donors (Lipinski definition) is 1. The van der Waals surface area contributed by atoms with Gasteiger partial charge in [0.2, 0.25) is 0 Å². The molecular weight excluding hydrogens is 422 g/mol. The molecule has 5 heteroatoms. The van der Waals surface area contributed by atoms with E-state index in [4.69, 9.17) is 9.47 Å². The van der Waals surface area contributed by atoms with Crippen LogP contribution < -0.4 is 9.47 Å². The van der Waals surface area contributed by atoms with Crippen LogP contribution in [-0.4, -0.2) is 42.9 Å². The van der Waals surface area contributed by atoms with E-state index in [1.807, 2.05) is 12.1 Å². The maximum absolute atomic E-state index is 9.93. The first-order valence-electron chi connectivity index (χ1n) is 11.2. The van der Waals surface area contributed by atoms with Crippen molar-refractivity contribution < 1.29 is 14.6 Å². The third kappa shape index (κ3) is 4.87. The van der Waals surface area contributed by atoms with Gasteiger partial charge in [-0.15, -0.1) is 12.4 Å². The van der Waals surface area contributed by atoms with Crippen LogP contribution >= 0.6 is 12.4 Å². The Labute approximate surface area is 196 Å². The molecule has 0 amide bonds. The van der Waals surface area contributed by atoms with Crippen molar-refractivity contribution in [3.8, 4) is 17.2 Å². The van der Waals surface area contributed by atoms with Gasteiger partial charge in [0.1, 0.15) is 23.9 Å². The molecule has 3 aromatic carbocycles. The maximum atomic E-state index is 9.93. The molecule has 0 spiro atoms. The Morgan fingerprint density at radius 3 is 2.41 bits per heavy atom. The Hall–Kier alpha value is -2.69. The molecule has 2 aliphatic heterocycles. The molecule has 1 N–H and O–H groups in total. The number of phenolic OH excluding ortho intramolecular Hbond substituents is 1. The van der Waals surface area contributed by atoms with E-state index in [1.54, 1.807) is 12.1 Å². The van der Waals surface area contributed by atoms with E-state index in [0.29, 0.717) is 6.61 Å². The third-order valence-corrected chi connectivity index (χ3v) is 6.49. The lowest BCUT2D eigenvalue weighted by Gasteiger charge is -2.34. The van der Waals surface area contributed by atoms with Crippen LogP contribution in [0.3, 0.4) is 0 Å². The molecule has 2 atom stereocenters. The fourth-order valence-corrected chi connectivity index (χ4v) is 4.87. The summed E-state index contributed by atoms with van der Waals surface area (Å²) in [4.78, 5) is 2.47. The highest BCUT2D eigenvalue weighted by Crippen LogP contribution is 2.47. The molecule has 2 heterocycles. The number of likely N-dealkylation sites (tertiary alicyclic amines) is 1. The van der Waals surface area contributed by atoms with Gasteiger partial charge in [0, 0.05) is 30.0 Å². The highest BCUT2D eigenvalue weighted by molar-refractivity contribution is 5.85. The number of benzene rings is 3. The van der Waals surface area contributed by atoms with E-state index in [0.717, 1.165) is 30.2 Å². The standard InChI is InChI=1S/C27H29NO3.ClH/c29-22-10-13-24-26(18-22)31-19-25(20-6-2-1-3-7-20)27(24)21-8-11-23(12-9-21)30-17-16-28-14-4-5-15-28;/h1-3,6-13,18,25,27,29H,4-5,14-17,19H2;1H/t25-,27-;/m1./s1. The Morgan fingerprint density at radius 2 is 1.66 bits per heavy atom. The number of phenols is 1. The van der Waals surface area contributed by atoms with Crippen LogP contribution in [0.15, 0.2) is 72.8 Å². The van der Waals surface area contributed by atoms with Gasteiger partial charge in [-0.1, -0.05) is 48.5 Å². The van der Waals surface area contributed by atoms with Crippen molar-refractivity contribution in [2.75, 3.05) is 32.8 Å². The Kier molecular flexibility index (Phi) is 7.23. The average Bonchev–Trinajstić information content (AvgIpc) is 3.33. The van der Waals surface area contributed by atoms with Crippen LogP contribution in [-0.2, 0) is 0 Å². The number of nitrogens with zero attached hydrogens (tertiary/aromatic N) is 1. The lowest BCUT2D eigenvalue weighted by Crippen LogP contribution is -2.25. The zero-order valence-corrected chi connectivity index (χ0v) is 19.0. The Bertz CT molecular complexity index is 1000. The summed E-state index contributed by atoms with van der Waals surface area (Å²) in [5.41, 5.74) is 3.61. The van der Waals surface area contributed by atoms with Gasteiger partial charge in [-0.3, -0.25) is 4.90 Å². The van der Waals surface area contributed by atoms with Crippen molar-refractivity contribution in [3.05, 3.63) is 89.5 Å². The largest absolute Gasteiger partial charge is 0.508 e. The van der Waals surface area contributed by atoms with Gasteiger partial charge in [0.25, 0.3) is 0 Å². The van der Waals surface area contributed by atoms with Crippen molar-refractivity contribution in [2.45, 2.75) is 24.7 Å². The van der Waals surface area contributed by atoms with Crippen molar-refractivity contribution in [1.29, 1.82) is 0 Å². The summed E-state index contributed by atoms with van der Waals surface area (Å²) in [7, 11) is 0. The summed E-state index contributed by atoms with van der Waals surface area (Å²) in [6, 6.07) is 24.5. The quantitative estimate of drug-likeness (QED) is 0.530. The van der Waals surface area contributed by atoms with E-state index in [2.05, 4.69) is 53.4 Å². The lowest BCUT2D eigenvalue weighted by atomic mass is 9.76. The molecule has 168 valence electrons. The first-order chi connectivity index (χ1) is 15.3. The van der Waals surface area contributed by atoms with E-state index in [-0.39, 0.29) is 30.0 Å². The highest BCUT2D eigenvalue weighted by atomic mass is 35.5. The summed E-state index contributed by atoms with van der Waals surface area (Å²) in [5, 5.41) is 9.93. The second-order valence-corrected chi connectivity index (χ2v) is 8.49. The lowest BCUT2D eigenvalue weighted by molar-refractivity contribution is 0.237. The number of fused-ring (bicyclic) bond motifs is 1. The van der Waals surface area contributed by atoms with Gasteiger partial charge >= 0.3 is 0 Å². The van der Waals surface area contributed by atoms with Gasteiger partial charge in [-0.2, -0.15) is 0 Å². The molecule has 0 aromatic heterocycles. The molecule has 32 heavy (non-hydrogen) atoms. The minimum atomic E-state index is 0. The van der Waals surface area contributed by atoms with Crippen LogP contribution in [0.25, 0.3) is 0 Å². The molecule has 0 saturated carbocycles. The molecule has 0 radical (unpaired) electrons. The molecule has 2 aliphatic rings. The molecule has 0 unspecified atom stereocenters. The molecule has 1 saturated heterocycles. The molecule has 1 fully saturated rings. The Morgan fingerprint density at radius 1 is 0.906 bits per heavy atom. The number of rotatable bonds is 6. The van der Waals surface area contributed by atoms with E-state index < -0.39 is 0 Å². The van der Waals surface area contributed by atoms with Gasteiger partial charge in [0.15, 0.2) is 0 Å². The summed E-state index contributed by atoms with van der Waals surface area (Å²) < 4.78 is 12.1. The smallest absolute Gasteiger partial charge is 0.126 e. The summed E-state index contributed by atoms with van der Waals surface area (Å²) in [6.45, 7) is 4.70. The zero-order valence-electron chi connectivity index (χ0n) is 18.2. The van der Waals surface area contributed by atoms with Crippen molar-refractivity contribution in [2.24, 2.45) is 0 Å². The number of halogens is 1. The number of aromatic hydroxyl groups is 1. The van der Waals surface area contributed by atoms with Gasteiger partial charge < -0.3 is 14.6 Å². The predicted octanol–water partition coefficient (Wildman–Crippen LogP) is 5.60. The van der Waals surface area contributed by atoms with E-state index in [9.17, 15) is 5.11 Å². The fourth-order valence-electron chi connectivity index (χ4n) is 4.87. The van der Waals surface area contributed by atoms with Crippen molar-refractivity contribution in [1.82, 2.24) is 4.90 Å². The topological polar surface area (TPSA) is 41.9 Å². The van der Waals surface area contributed by atoms with Crippen LogP contribution in [0.4, 0.5) is 0 Å². The van der Waals surface area contributed by atoms with Gasteiger partial charge in [0.05, 0.1) is 6.61 Å². The average molecular weight is 452 g/mol. The van der Waals surface area contributed by atoms with Crippen molar-refractivity contribution >= 4 is 12.4 Å². The fraction of sp³-hybridized carbons (Fsp3) is 0.333. The zero-order chi connectivity index (χ0) is 21.0. The SMILES string of the molecule is Cl.Oc1ccc2c(c1)OC[C@H](c1ccccc1)[C@@H]2c1ccc(OCCN2CCCC2)cc1. The molecular formula is C27H30ClNO3. The minimum Gasteiger partial charge on any atom is -0.508 e. The maximum Gasteiger partial charge on any atom is 0.126 e. The normalized spacial score (nSPS) is 20.1. The molecule has 0 aliphatic carbocycles. The van der Waals surface area contributed by atoms with Crippen LogP contribution in [0.5, 0.6) is 17.2 Å². The third-order valence-electron chi connectivity index (χ3n) is 6.49. The number of hydrogen-bond acceptors (Lipinski definition) is 4. The first-order valence-corrected chi connectivity index (χ1v) is 11.2. The van der Waals surface area contributed by atoms with Crippen LogP contribution in [0.1, 0.15) is 41.4 Å². The van der Waals surface area contributed by atoms with Gasteiger partial charge in [-0.05, 0) is 55.3 Å². The second-order valence-electron chi connectivity index (χ2n) is 8.49. The predicted molar refractivity (Wildman–Crippen MR) is 129 cm³/mol. The van der Waals surface area contributed by atoms with Crippen molar-refractivity contribution in [3.63, 3.8) is 0 Å². The van der Waals surface area contributed by atoms with E-state index in [1.165, 1.54) is 37.1 Å². The first kappa shape index (κ1) is 22.5. The Balaban J connectivity index is 0.00000245. The monoisotopic (exact) mass is 451 g/mol. The molecule has 4 nitrogen and oxygen atoms in total. The number of ether oxygens (including phenoxy) is 2. The van der Waals surface area contributed by atoms with Crippen LogP contribution in [0, 0.1) is 0 Å². The van der Waals surface area contributed by atoms with E-state index >= 15 is 0 Å². The summed E-state index contributed by atoms with van der Waals surface area (Å²) in [5.74, 6) is 2.28. The second kappa shape index (κ2) is 10.3. The molecule has 0 bridgehead atoms.